The lowest BCUT2D eigenvalue weighted by molar-refractivity contribution is 0.299. The van der Waals surface area contributed by atoms with Gasteiger partial charge in [0, 0.05) is 12.1 Å². The average molecular weight is 234 g/mol. The third kappa shape index (κ3) is 3.06. The number of benzene rings is 1. The summed E-state index contributed by atoms with van der Waals surface area (Å²) in [5.74, 6) is 0.426. The van der Waals surface area contributed by atoms with E-state index in [0.717, 1.165) is 13.0 Å². The molecule has 0 amide bonds. The van der Waals surface area contributed by atoms with E-state index in [1.807, 2.05) is 10.9 Å². The number of nitrogens with zero attached hydrogens (tertiary/aromatic N) is 2. The van der Waals surface area contributed by atoms with Gasteiger partial charge in [-0.05, 0) is 12.5 Å². The first kappa shape index (κ1) is 11.6. The molecule has 0 saturated carbocycles. The Hall–Kier alpha value is -1.84. The van der Waals surface area contributed by atoms with E-state index in [1.54, 1.807) is 24.4 Å². The number of aromatic nitrogens is 2. The normalized spacial score (nSPS) is 10.5. The molecule has 0 saturated heterocycles. The molecule has 0 N–H and O–H groups in total. The van der Waals surface area contributed by atoms with Crippen LogP contribution in [0.3, 0.4) is 0 Å². The molecule has 0 aliphatic rings. The number of halogens is 1. The second kappa shape index (κ2) is 5.48. The molecule has 1 heterocycles. The molecule has 1 aromatic carbocycles. The van der Waals surface area contributed by atoms with Crippen LogP contribution in [-0.2, 0) is 13.2 Å². The number of ether oxygens (including phenoxy) is 1. The molecule has 0 aliphatic carbocycles. The maximum absolute atomic E-state index is 13.3. The molecule has 0 atom stereocenters. The minimum Gasteiger partial charge on any atom is -0.486 e. The van der Waals surface area contributed by atoms with Crippen molar-refractivity contribution >= 4 is 0 Å². The summed E-state index contributed by atoms with van der Waals surface area (Å²) in [4.78, 5) is 0. The Morgan fingerprint density at radius 1 is 1.35 bits per heavy atom. The van der Waals surface area contributed by atoms with E-state index in [-0.39, 0.29) is 12.4 Å². The van der Waals surface area contributed by atoms with Crippen molar-refractivity contribution in [2.75, 3.05) is 0 Å². The van der Waals surface area contributed by atoms with Crippen LogP contribution < -0.4 is 4.74 Å². The average Bonchev–Trinajstić information content (AvgIpc) is 2.76. The molecule has 0 fully saturated rings. The third-order valence-electron chi connectivity index (χ3n) is 2.41. The predicted octanol–water partition coefficient (Wildman–Crippen LogP) is 3.01. The second-order valence-corrected chi connectivity index (χ2v) is 3.82. The highest BCUT2D eigenvalue weighted by molar-refractivity contribution is 5.18. The predicted molar refractivity (Wildman–Crippen MR) is 63.3 cm³/mol. The first-order valence-corrected chi connectivity index (χ1v) is 5.68. The van der Waals surface area contributed by atoms with E-state index in [9.17, 15) is 4.39 Å². The van der Waals surface area contributed by atoms with E-state index in [1.165, 1.54) is 6.07 Å². The van der Waals surface area contributed by atoms with Crippen molar-refractivity contribution in [3.8, 4) is 5.75 Å². The number of hydrogen-bond acceptors (Lipinski definition) is 2. The molecule has 2 aromatic rings. The Kier molecular flexibility index (Phi) is 3.75. The lowest BCUT2D eigenvalue weighted by Crippen LogP contribution is -1.98. The minimum atomic E-state index is -0.242. The van der Waals surface area contributed by atoms with Crippen molar-refractivity contribution < 1.29 is 9.13 Å². The first-order valence-electron chi connectivity index (χ1n) is 5.68. The molecule has 0 radical (unpaired) electrons. The zero-order chi connectivity index (χ0) is 12.1. The highest BCUT2D eigenvalue weighted by Crippen LogP contribution is 2.13. The van der Waals surface area contributed by atoms with Crippen LogP contribution in [0.15, 0.2) is 36.7 Å². The summed E-state index contributed by atoms with van der Waals surface area (Å²) in [6.07, 6.45) is 4.50. The molecule has 2 rings (SSSR count). The largest absolute Gasteiger partial charge is 0.486 e. The zero-order valence-electron chi connectivity index (χ0n) is 9.77. The standard InChI is InChI=1S/C13H15FN2O/c1-2-7-16-9-12(8-15-16)17-10-11-5-3-4-6-13(11)14/h3-6,8-9H,2,7,10H2,1H3. The highest BCUT2D eigenvalue weighted by atomic mass is 19.1. The quantitative estimate of drug-likeness (QED) is 0.795. The van der Waals surface area contributed by atoms with Crippen LogP contribution in [0.5, 0.6) is 5.75 Å². The van der Waals surface area contributed by atoms with E-state index < -0.39 is 0 Å². The second-order valence-electron chi connectivity index (χ2n) is 3.82. The van der Waals surface area contributed by atoms with Gasteiger partial charge in [0.15, 0.2) is 5.75 Å². The summed E-state index contributed by atoms with van der Waals surface area (Å²) < 4.78 is 20.6. The van der Waals surface area contributed by atoms with E-state index in [4.69, 9.17) is 4.74 Å². The summed E-state index contributed by atoms with van der Waals surface area (Å²) in [7, 11) is 0. The van der Waals surface area contributed by atoms with E-state index in [0.29, 0.717) is 11.3 Å². The molecule has 0 bridgehead atoms. The molecule has 0 unspecified atom stereocenters. The van der Waals surface area contributed by atoms with Gasteiger partial charge in [-0.2, -0.15) is 5.10 Å². The van der Waals surface area contributed by atoms with Crippen LogP contribution in [0.25, 0.3) is 0 Å². The number of rotatable bonds is 5. The van der Waals surface area contributed by atoms with Crippen molar-refractivity contribution in [3.63, 3.8) is 0 Å². The minimum absolute atomic E-state index is 0.227. The van der Waals surface area contributed by atoms with Crippen molar-refractivity contribution in [1.82, 2.24) is 9.78 Å². The Morgan fingerprint density at radius 3 is 2.94 bits per heavy atom. The SMILES string of the molecule is CCCn1cc(OCc2ccccc2F)cn1. The Labute approximate surface area is 99.8 Å². The zero-order valence-corrected chi connectivity index (χ0v) is 9.77. The van der Waals surface area contributed by atoms with Gasteiger partial charge in [-0.15, -0.1) is 0 Å². The molecule has 17 heavy (non-hydrogen) atoms. The maximum Gasteiger partial charge on any atom is 0.157 e. The monoisotopic (exact) mass is 234 g/mol. The third-order valence-corrected chi connectivity index (χ3v) is 2.41. The molecule has 1 aromatic heterocycles. The topological polar surface area (TPSA) is 27.1 Å². The fourth-order valence-corrected chi connectivity index (χ4v) is 1.55. The summed E-state index contributed by atoms with van der Waals surface area (Å²) in [5.41, 5.74) is 0.552. The van der Waals surface area contributed by atoms with Gasteiger partial charge in [0.2, 0.25) is 0 Å². The van der Waals surface area contributed by atoms with Gasteiger partial charge < -0.3 is 4.74 Å². The molecule has 0 aliphatic heterocycles. The fraction of sp³-hybridized carbons (Fsp3) is 0.308. The first-order chi connectivity index (χ1) is 8.29. The Bertz CT molecular complexity index is 482. The fourth-order valence-electron chi connectivity index (χ4n) is 1.55. The van der Waals surface area contributed by atoms with Crippen LogP contribution in [0.1, 0.15) is 18.9 Å². The highest BCUT2D eigenvalue weighted by Gasteiger charge is 2.03. The summed E-state index contributed by atoms with van der Waals surface area (Å²) in [6, 6.07) is 6.60. The van der Waals surface area contributed by atoms with Crippen LogP contribution >= 0.6 is 0 Å². The van der Waals surface area contributed by atoms with Gasteiger partial charge in [0.05, 0.1) is 12.4 Å². The van der Waals surface area contributed by atoms with Gasteiger partial charge in [0.1, 0.15) is 12.4 Å². The van der Waals surface area contributed by atoms with Gasteiger partial charge in [-0.1, -0.05) is 25.1 Å². The number of aryl methyl sites for hydroxylation is 1. The molecule has 90 valence electrons. The molecular weight excluding hydrogens is 219 g/mol. The van der Waals surface area contributed by atoms with Gasteiger partial charge in [-0.25, -0.2) is 4.39 Å². The van der Waals surface area contributed by atoms with Crippen LogP contribution in [0.2, 0.25) is 0 Å². The van der Waals surface area contributed by atoms with Gasteiger partial charge in [0.25, 0.3) is 0 Å². The molecule has 0 spiro atoms. The van der Waals surface area contributed by atoms with Crippen LogP contribution in [0.4, 0.5) is 4.39 Å². The van der Waals surface area contributed by atoms with Gasteiger partial charge in [-0.3, -0.25) is 4.68 Å². The summed E-state index contributed by atoms with van der Waals surface area (Å²) >= 11 is 0. The van der Waals surface area contributed by atoms with Crippen molar-refractivity contribution in [2.45, 2.75) is 26.5 Å². The molecular formula is C13H15FN2O. The lowest BCUT2D eigenvalue weighted by atomic mass is 10.2. The Morgan fingerprint density at radius 2 is 2.18 bits per heavy atom. The molecule has 4 heteroatoms. The Balaban J connectivity index is 1.95. The van der Waals surface area contributed by atoms with Crippen molar-refractivity contribution in [3.05, 3.63) is 48.0 Å². The summed E-state index contributed by atoms with van der Waals surface area (Å²) in [5, 5.41) is 4.14. The summed E-state index contributed by atoms with van der Waals surface area (Å²) in [6.45, 7) is 3.18. The van der Waals surface area contributed by atoms with Crippen LogP contribution in [-0.4, -0.2) is 9.78 Å². The van der Waals surface area contributed by atoms with Crippen molar-refractivity contribution in [2.24, 2.45) is 0 Å². The smallest absolute Gasteiger partial charge is 0.157 e. The van der Waals surface area contributed by atoms with Crippen LogP contribution in [0, 0.1) is 5.82 Å². The molecule has 3 nitrogen and oxygen atoms in total. The maximum atomic E-state index is 13.3. The van der Waals surface area contributed by atoms with Crippen molar-refractivity contribution in [1.29, 1.82) is 0 Å². The van der Waals surface area contributed by atoms with E-state index >= 15 is 0 Å². The number of hydrogen-bond donors (Lipinski definition) is 0. The van der Waals surface area contributed by atoms with E-state index in [2.05, 4.69) is 12.0 Å². The lowest BCUT2D eigenvalue weighted by Gasteiger charge is -2.04. The van der Waals surface area contributed by atoms with Gasteiger partial charge >= 0.3 is 0 Å².